The van der Waals surface area contributed by atoms with Crippen molar-refractivity contribution >= 4 is 17.3 Å². The smallest absolute Gasteiger partial charge is 0.164 e. The van der Waals surface area contributed by atoms with E-state index in [1.54, 1.807) is 0 Å². The van der Waals surface area contributed by atoms with Crippen LogP contribution in [0.5, 0.6) is 0 Å². The molecule has 0 unspecified atom stereocenters. The van der Waals surface area contributed by atoms with E-state index >= 15 is 0 Å². The maximum atomic E-state index is 5.34. The molecule has 2 nitrogen and oxygen atoms in total. The summed E-state index contributed by atoms with van der Waals surface area (Å²) >= 11 is 4.73. The molecular formula is C7H16N2S. The third-order valence-electron chi connectivity index (χ3n) is 1.89. The molecule has 0 saturated heterocycles. The summed E-state index contributed by atoms with van der Waals surface area (Å²) in [5.41, 5.74) is 5.34. The Morgan fingerprint density at radius 2 is 1.90 bits per heavy atom. The number of thiocarbonyl (C=S) groups is 1. The van der Waals surface area contributed by atoms with Gasteiger partial charge in [0.1, 0.15) is 0 Å². The fourth-order valence-corrected chi connectivity index (χ4v) is 0.725. The number of rotatable bonds is 2. The highest BCUT2D eigenvalue weighted by atomic mass is 32.1. The molecule has 0 atom stereocenters. The lowest BCUT2D eigenvalue weighted by Gasteiger charge is -2.30. The second kappa shape index (κ2) is 3.19. The van der Waals surface area contributed by atoms with Crippen molar-refractivity contribution < 1.29 is 0 Å². The first-order valence-corrected chi connectivity index (χ1v) is 3.84. The Labute approximate surface area is 68.2 Å². The van der Waals surface area contributed by atoms with Crippen molar-refractivity contribution in [1.82, 2.24) is 5.32 Å². The molecule has 0 aliphatic heterocycles. The predicted octanol–water partition coefficient (Wildman–Crippen LogP) is 1.25. The van der Waals surface area contributed by atoms with Crippen LogP contribution in [0.4, 0.5) is 0 Å². The van der Waals surface area contributed by atoms with E-state index < -0.39 is 0 Å². The number of nitrogens with two attached hydrogens (primary N) is 1. The zero-order chi connectivity index (χ0) is 8.36. The van der Waals surface area contributed by atoms with Crippen LogP contribution in [0, 0.1) is 5.92 Å². The molecule has 0 aliphatic carbocycles. The van der Waals surface area contributed by atoms with E-state index in [0.717, 1.165) is 0 Å². The standard InChI is InChI=1S/C7H16N2S/c1-5(2)7(3,4)9-6(8)10/h5H,1-4H3,(H3,8,9,10). The second-order valence-electron chi connectivity index (χ2n) is 3.37. The minimum Gasteiger partial charge on any atom is -0.376 e. The molecule has 3 N–H and O–H groups in total. The highest BCUT2D eigenvalue weighted by Gasteiger charge is 2.21. The number of nitrogens with one attached hydrogen (secondary N) is 1. The molecule has 0 saturated carbocycles. The lowest BCUT2D eigenvalue weighted by Crippen LogP contribution is -2.49. The molecule has 0 fully saturated rings. The molecule has 0 spiro atoms. The van der Waals surface area contributed by atoms with Crippen LogP contribution in [-0.4, -0.2) is 10.7 Å². The molecule has 0 aromatic rings. The van der Waals surface area contributed by atoms with Crippen LogP contribution in [-0.2, 0) is 0 Å². The van der Waals surface area contributed by atoms with E-state index in [2.05, 4.69) is 33.0 Å². The first-order valence-electron chi connectivity index (χ1n) is 3.44. The second-order valence-corrected chi connectivity index (χ2v) is 3.81. The molecule has 3 heteroatoms. The van der Waals surface area contributed by atoms with Gasteiger partial charge < -0.3 is 11.1 Å². The van der Waals surface area contributed by atoms with E-state index in [1.165, 1.54) is 0 Å². The van der Waals surface area contributed by atoms with E-state index in [4.69, 9.17) is 18.0 Å². The van der Waals surface area contributed by atoms with E-state index in [9.17, 15) is 0 Å². The van der Waals surface area contributed by atoms with Gasteiger partial charge in [-0.25, -0.2) is 0 Å². The van der Waals surface area contributed by atoms with E-state index in [-0.39, 0.29) is 5.54 Å². The molecule has 60 valence electrons. The van der Waals surface area contributed by atoms with Gasteiger partial charge in [0.2, 0.25) is 0 Å². The Hall–Kier alpha value is -0.310. The van der Waals surface area contributed by atoms with Gasteiger partial charge in [-0.2, -0.15) is 0 Å². The third kappa shape index (κ3) is 3.01. The summed E-state index contributed by atoms with van der Waals surface area (Å²) < 4.78 is 0. The lowest BCUT2D eigenvalue weighted by molar-refractivity contribution is 0.335. The van der Waals surface area contributed by atoms with Gasteiger partial charge in [0.25, 0.3) is 0 Å². The molecule has 0 aliphatic rings. The largest absolute Gasteiger partial charge is 0.376 e. The summed E-state index contributed by atoms with van der Waals surface area (Å²) in [6, 6.07) is 0. The summed E-state index contributed by atoms with van der Waals surface area (Å²) in [4.78, 5) is 0. The van der Waals surface area contributed by atoms with Crippen LogP contribution in [0.3, 0.4) is 0 Å². The van der Waals surface area contributed by atoms with Crippen molar-refractivity contribution in [3.8, 4) is 0 Å². The Morgan fingerprint density at radius 3 is 2.00 bits per heavy atom. The SMILES string of the molecule is CC(C)C(C)(C)NC(N)=S. The summed E-state index contributed by atoms with van der Waals surface area (Å²) in [6.07, 6.45) is 0. The molecule has 0 amide bonds. The van der Waals surface area contributed by atoms with Crippen molar-refractivity contribution in [2.45, 2.75) is 33.2 Å². The van der Waals surface area contributed by atoms with Crippen LogP contribution in [0.1, 0.15) is 27.7 Å². The van der Waals surface area contributed by atoms with Crippen LogP contribution in [0.2, 0.25) is 0 Å². The maximum Gasteiger partial charge on any atom is 0.164 e. The van der Waals surface area contributed by atoms with Crippen molar-refractivity contribution in [1.29, 1.82) is 0 Å². The van der Waals surface area contributed by atoms with Gasteiger partial charge in [-0.1, -0.05) is 13.8 Å². The van der Waals surface area contributed by atoms with Crippen molar-refractivity contribution in [3.63, 3.8) is 0 Å². The molecule has 10 heavy (non-hydrogen) atoms. The Kier molecular flexibility index (Phi) is 3.09. The van der Waals surface area contributed by atoms with Gasteiger partial charge in [0.05, 0.1) is 0 Å². The zero-order valence-electron chi connectivity index (χ0n) is 7.06. The Bertz CT molecular complexity index is 130. The summed E-state index contributed by atoms with van der Waals surface area (Å²) in [6.45, 7) is 8.42. The van der Waals surface area contributed by atoms with Gasteiger partial charge in [-0.05, 0) is 32.0 Å². The van der Waals surface area contributed by atoms with Gasteiger partial charge in [0, 0.05) is 5.54 Å². The molecular weight excluding hydrogens is 144 g/mol. The maximum absolute atomic E-state index is 5.34. The highest BCUT2D eigenvalue weighted by molar-refractivity contribution is 7.80. The topological polar surface area (TPSA) is 38.0 Å². The average Bonchev–Trinajstić information content (AvgIpc) is 1.60. The molecule has 0 aromatic carbocycles. The van der Waals surface area contributed by atoms with Gasteiger partial charge in [0.15, 0.2) is 5.11 Å². The monoisotopic (exact) mass is 160 g/mol. The quantitative estimate of drug-likeness (QED) is 0.597. The molecule has 0 rings (SSSR count). The molecule has 0 heterocycles. The zero-order valence-corrected chi connectivity index (χ0v) is 7.88. The highest BCUT2D eigenvalue weighted by Crippen LogP contribution is 2.14. The first-order chi connectivity index (χ1) is 4.36. The van der Waals surface area contributed by atoms with Crippen LogP contribution < -0.4 is 11.1 Å². The van der Waals surface area contributed by atoms with Crippen LogP contribution >= 0.6 is 12.2 Å². The fourth-order valence-electron chi connectivity index (χ4n) is 0.462. The van der Waals surface area contributed by atoms with Gasteiger partial charge in [-0.15, -0.1) is 0 Å². The summed E-state index contributed by atoms with van der Waals surface area (Å²) in [7, 11) is 0. The Balaban J connectivity index is 3.99. The van der Waals surface area contributed by atoms with Crippen molar-refractivity contribution in [2.24, 2.45) is 11.7 Å². The van der Waals surface area contributed by atoms with Crippen molar-refractivity contribution in [2.75, 3.05) is 0 Å². The summed E-state index contributed by atoms with van der Waals surface area (Å²) in [5, 5.41) is 3.40. The molecule has 0 radical (unpaired) electrons. The lowest BCUT2D eigenvalue weighted by atomic mass is 9.91. The summed E-state index contributed by atoms with van der Waals surface area (Å²) in [5.74, 6) is 0.522. The van der Waals surface area contributed by atoms with Gasteiger partial charge in [-0.3, -0.25) is 0 Å². The van der Waals surface area contributed by atoms with Crippen LogP contribution in [0.15, 0.2) is 0 Å². The molecule has 0 bridgehead atoms. The van der Waals surface area contributed by atoms with Crippen LogP contribution in [0.25, 0.3) is 0 Å². The fraction of sp³-hybridized carbons (Fsp3) is 0.857. The number of hydrogen-bond acceptors (Lipinski definition) is 1. The first kappa shape index (κ1) is 9.69. The number of hydrogen-bond donors (Lipinski definition) is 2. The minimum absolute atomic E-state index is 0.00579. The van der Waals surface area contributed by atoms with Crippen molar-refractivity contribution in [3.05, 3.63) is 0 Å². The Morgan fingerprint density at radius 1 is 1.50 bits per heavy atom. The van der Waals surface area contributed by atoms with E-state index in [0.29, 0.717) is 11.0 Å². The third-order valence-corrected chi connectivity index (χ3v) is 1.99. The van der Waals surface area contributed by atoms with E-state index in [1.807, 2.05) is 0 Å². The predicted molar refractivity (Wildman–Crippen MR) is 48.8 cm³/mol. The van der Waals surface area contributed by atoms with Gasteiger partial charge >= 0.3 is 0 Å². The normalized spacial score (nSPS) is 11.7. The minimum atomic E-state index is 0.00579. The average molecular weight is 160 g/mol. The molecule has 0 aromatic heterocycles.